The van der Waals surface area contributed by atoms with Crippen molar-refractivity contribution >= 4 is 11.6 Å². The van der Waals surface area contributed by atoms with Crippen LogP contribution in [0.4, 0.5) is 0 Å². The molecule has 1 aromatic heterocycles. The van der Waals surface area contributed by atoms with Crippen LogP contribution < -0.4 is 0 Å². The van der Waals surface area contributed by atoms with Gasteiger partial charge in [0, 0.05) is 30.5 Å². The van der Waals surface area contributed by atoms with E-state index in [-0.39, 0.29) is 0 Å². The third-order valence-corrected chi connectivity index (χ3v) is 3.55. The van der Waals surface area contributed by atoms with Crippen LogP contribution in [0.15, 0.2) is 42.7 Å². The molecule has 0 atom stereocenters. The van der Waals surface area contributed by atoms with E-state index in [1.807, 2.05) is 47.8 Å². The van der Waals surface area contributed by atoms with Gasteiger partial charge >= 0.3 is 0 Å². The average molecular weight is 275 g/mol. The Hall–Kier alpha value is -1.42. The number of halogens is 1. The number of hydrogen-bond acceptors (Lipinski definition) is 3. The lowest BCUT2D eigenvalue weighted by Gasteiger charge is -2.28. The van der Waals surface area contributed by atoms with Gasteiger partial charge in [0.1, 0.15) is 0 Å². The van der Waals surface area contributed by atoms with Crippen molar-refractivity contribution in [2.75, 3.05) is 6.54 Å². The molecule has 1 aromatic carbocycles. The zero-order valence-electron chi connectivity index (χ0n) is 10.6. The van der Waals surface area contributed by atoms with E-state index in [1.54, 1.807) is 0 Å². The average Bonchev–Trinajstić information content (AvgIpc) is 2.46. The van der Waals surface area contributed by atoms with E-state index in [2.05, 4.69) is 4.98 Å². The largest absolute Gasteiger partial charge is 0.294 e. The highest BCUT2D eigenvalue weighted by Gasteiger charge is 2.16. The zero-order valence-corrected chi connectivity index (χ0v) is 11.3. The van der Waals surface area contributed by atoms with Crippen LogP contribution in [0.25, 0.3) is 0 Å². The van der Waals surface area contributed by atoms with Crippen LogP contribution >= 0.6 is 11.6 Å². The molecule has 0 saturated carbocycles. The quantitative estimate of drug-likeness (QED) is 0.859. The van der Waals surface area contributed by atoms with Crippen molar-refractivity contribution in [1.29, 1.82) is 0 Å². The Labute approximate surface area is 117 Å². The minimum Gasteiger partial charge on any atom is -0.294 e. The third-order valence-electron chi connectivity index (χ3n) is 3.32. The van der Waals surface area contributed by atoms with Crippen molar-refractivity contribution in [2.45, 2.75) is 19.6 Å². The molecule has 1 aliphatic heterocycles. The van der Waals surface area contributed by atoms with Gasteiger partial charge < -0.3 is 0 Å². The first-order valence-corrected chi connectivity index (χ1v) is 6.73. The Morgan fingerprint density at radius 3 is 2.84 bits per heavy atom. The highest BCUT2D eigenvalue weighted by Crippen LogP contribution is 2.23. The maximum absolute atomic E-state index is 6.03. The van der Waals surface area contributed by atoms with Gasteiger partial charge in [0.05, 0.1) is 6.61 Å². The van der Waals surface area contributed by atoms with Gasteiger partial charge in [0.25, 0.3) is 0 Å². The van der Waals surface area contributed by atoms with E-state index >= 15 is 0 Å². The maximum atomic E-state index is 6.03. The van der Waals surface area contributed by atoms with Crippen LogP contribution in [-0.4, -0.2) is 16.6 Å². The topological polar surface area (TPSA) is 25.4 Å². The fraction of sp³-hybridized carbons (Fsp3) is 0.267. The van der Waals surface area contributed by atoms with Gasteiger partial charge in [-0.15, -0.1) is 0 Å². The molecule has 3 rings (SSSR count). The molecular formula is C15H15ClN2O. The summed E-state index contributed by atoms with van der Waals surface area (Å²) in [6, 6.07) is 10.1. The summed E-state index contributed by atoms with van der Waals surface area (Å²) in [6.45, 7) is 2.29. The second-order valence-corrected chi connectivity index (χ2v) is 5.09. The predicted molar refractivity (Wildman–Crippen MR) is 74.6 cm³/mol. The maximum Gasteiger partial charge on any atom is 0.0939 e. The SMILES string of the molecule is Clc1ccc2c(c1)CN(CCc1ccncc1)OC2. The van der Waals surface area contributed by atoms with Gasteiger partial charge in [-0.3, -0.25) is 9.82 Å². The molecule has 98 valence electrons. The van der Waals surface area contributed by atoms with Gasteiger partial charge in [-0.1, -0.05) is 17.7 Å². The molecule has 0 aliphatic carbocycles. The summed E-state index contributed by atoms with van der Waals surface area (Å²) in [6.07, 6.45) is 4.60. The highest BCUT2D eigenvalue weighted by molar-refractivity contribution is 6.30. The number of hydroxylamine groups is 2. The Morgan fingerprint density at radius 2 is 2.00 bits per heavy atom. The molecule has 3 nitrogen and oxygen atoms in total. The van der Waals surface area contributed by atoms with Gasteiger partial charge in [0.2, 0.25) is 0 Å². The number of benzene rings is 1. The summed E-state index contributed by atoms with van der Waals surface area (Å²) >= 11 is 6.03. The Bertz CT molecular complexity index is 559. The summed E-state index contributed by atoms with van der Waals surface area (Å²) in [5, 5.41) is 2.79. The lowest BCUT2D eigenvalue weighted by molar-refractivity contribution is -0.186. The molecule has 2 aromatic rings. The molecule has 0 fully saturated rings. The molecule has 0 radical (unpaired) electrons. The molecule has 19 heavy (non-hydrogen) atoms. The lowest BCUT2D eigenvalue weighted by Crippen LogP contribution is -2.30. The fourth-order valence-corrected chi connectivity index (χ4v) is 2.42. The lowest BCUT2D eigenvalue weighted by atomic mass is 10.1. The summed E-state index contributed by atoms with van der Waals surface area (Å²) in [5.74, 6) is 0. The highest BCUT2D eigenvalue weighted by atomic mass is 35.5. The first kappa shape index (κ1) is 12.6. The van der Waals surface area contributed by atoms with Gasteiger partial charge in [0.15, 0.2) is 0 Å². The molecule has 0 unspecified atom stereocenters. The van der Waals surface area contributed by atoms with Crippen molar-refractivity contribution in [3.8, 4) is 0 Å². The van der Waals surface area contributed by atoms with E-state index < -0.39 is 0 Å². The van der Waals surface area contributed by atoms with Crippen molar-refractivity contribution in [2.24, 2.45) is 0 Å². The minimum atomic E-state index is 0.628. The summed E-state index contributed by atoms with van der Waals surface area (Å²) in [5.41, 5.74) is 3.76. The molecule has 0 N–H and O–H groups in total. The summed E-state index contributed by atoms with van der Waals surface area (Å²) in [7, 11) is 0. The molecule has 4 heteroatoms. The number of hydrogen-bond donors (Lipinski definition) is 0. The van der Waals surface area contributed by atoms with Gasteiger partial charge in [-0.05, 0) is 47.4 Å². The molecule has 0 saturated heterocycles. The molecule has 1 aliphatic rings. The first-order chi connectivity index (χ1) is 9.31. The van der Waals surface area contributed by atoms with E-state index in [0.29, 0.717) is 6.61 Å². The first-order valence-electron chi connectivity index (χ1n) is 6.35. The number of nitrogens with zero attached hydrogens (tertiary/aromatic N) is 2. The standard InChI is InChI=1S/C15H15ClN2O/c16-15-2-1-13-11-19-18(10-14(13)9-15)8-5-12-3-6-17-7-4-12/h1-4,6-7,9H,5,8,10-11H2. The summed E-state index contributed by atoms with van der Waals surface area (Å²) in [4.78, 5) is 9.76. The van der Waals surface area contributed by atoms with Crippen molar-refractivity contribution < 1.29 is 4.84 Å². The Balaban J connectivity index is 1.62. The van der Waals surface area contributed by atoms with E-state index in [4.69, 9.17) is 16.4 Å². The van der Waals surface area contributed by atoms with Crippen molar-refractivity contribution in [3.63, 3.8) is 0 Å². The van der Waals surface area contributed by atoms with Crippen LogP contribution in [0.2, 0.25) is 5.02 Å². The smallest absolute Gasteiger partial charge is 0.0939 e. The number of pyridine rings is 1. The predicted octanol–water partition coefficient (Wildman–Crippen LogP) is 3.22. The number of rotatable bonds is 3. The minimum absolute atomic E-state index is 0.628. The van der Waals surface area contributed by atoms with Gasteiger partial charge in [-0.2, -0.15) is 5.06 Å². The van der Waals surface area contributed by atoms with E-state index in [1.165, 1.54) is 16.7 Å². The number of aromatic nitrogens is 1. The zero-order chi connectivity index (χ0) is 13.1. The second kappa shape index (κ2) is 5.70. The van der Waals surface area contributed by atoms with Crippen LogP contribution in [0.3, 0.4) is 0 Å². The van der Waals surface area contributed by atoms with Crippen molar-refractivity contribution in [1.82, 2.24) is 10.0 Å². The second-order valence-electron chi connectivity index (χ2n) is 4.66. The van der Waals surface area contributed by atoms with Crippen molar-refractivity contribution in [3.05, 3.63) is 64.4 Å². The number of fused-ring (bicyclic) bond motifs is 1. The molecular weight excluding hydrogens is 260 g/mol. The van der Waals surface area contributed by atoms with Crippen LogP contribution in [-0.2, 0) is 24.4 Å². The monoisotopic (exact) mass is 274 g/mol. The Kier molecular flexibility index (Phi) is 3.78. The molecule has 0 bridgehead atoms. The van der Waals surface area contributed by atoms with Gasteiger partial charge in [-0.25, -0.2) is 0 Å². The molecule has 0 spiro atoms. The van der Waals surface area contributed by atoms with E-state index in [9.17, 15) is 0 Å². The Morgan fingerprint density at radius 1 is 1.16 bits per heavy atom. The van der Waals surface area contributed by atoms with Crippen LogP contribution in [0, 0.1) is 0 Å². The third kappa shape index (κ3) is 3.13. The van der Waals surface area contributed by atoms with E-state index in [0.717, 1.165) is 24.5 Å². The normalized spacial score (nSPS) is 15.2. The molecule has 0 amide bonds. The van der Waals surface area contributed by atoms with Crippen LogP contribution in [0.5, 0.6) is 0 Å². The fourth-order valence-electron chi connectivity index (χ4n) is 2.23. The molecule has 2 heterocycles. The van der Waals surface area contributed by atoms with Crippen LogP contribution in [0.1, 0.15) is 16.7 Å². The summed E-state index contributed by atoms with van der Waals surface area (Å²) < 4.78 is 0.